The molecule has 0 aliphatic carbocycles. The topological polar surface area (TPSA) is 64.2 Å². The molecule has 1 aromatic carbocycles. The Kier molecular flexibility index (Phi) is 6.62. The van der Waals surface area contributed by atoms with Gasteiger partial charge in [0.15, 0.2) is 0 Å². The Bertz CT molecular complexity index is 647. The molecule has 0 spiro atoms. The Morgan fingerprint density at radius 3 is 2.61 bits per heavy atom. The summed E-state index contributed by atoms with van der Waals surface area (Å²) in [4.78, 5) is 18.7. The monoisotopic (exact) mass is 356 g/mol. The minimum absolute atomic E-state index is 0. The van der Waals surface area contributed by atoms with Crippen LogP contribution in [0.15, 0.2) is 42.9 Å². The van der Waals surface area contributed by atoms with E-state index in [0.717, 1.165) is 18.7 Å². The van der Waals surface area contributed by atoms with Crippen LogP contribution in [0.1, 0.15) is 23.8 Å². The van der Waals surface area contributed by atoms with Gasteiger partial charge in [-0.1, -0.05) is 25.1 Å². The summed E-state index contributed by atoms with van der Waals surface area (Å²) < 4.78 is 1.83. The number of aromatic nitrogens is 2. The van der Waals surface area contributed by atoms with Crippen LogP contribution in [-0.2, 0) is 0 Å². The Hall–Kier alpha value is -1.56. The fraction of sp³-hybridized carbons (Fsp3) is 0.375. The summed E-state index contributed by atoms with van der Waals surface area (Å²) in [6.45, 7) is 4.21. The van der Waals surface area contributed by atoms with Gasteiger partial charge in [0.2, 0.25) is 0 Å². The number of likely N-dealkylation sites (tertiary alicyclic amines) is 1. The van der Waals surface area contributed by atoms with Gasteiger partial charge in [-0.3, -0.25) is 9.36 Å². The van der Waals surface area contributed by atoms with Gasteiger partial charge in [-0.15, -0.1) is 24.8 Å². The second-order valence-electron chi connectivity index (χ2n) is 5.98. The van der Waals surface area contributed by atoms with Crippen molar-refractivity contribution in [2.75, 3.05) is 19.6 Å². The van der Waals surface area contributed by atoms with E-state index in [0.29, 0.717) is 18.8 Å². The Morgan fingerprint density at radius 2 is 2.00 bits per heavy atom. The molecule has 1 saturated heterocycles. The van der Waals surface area contributed by atoms with Crippen LogP contribution in [0.25, 0.3) is 5.69 Å². The van der Waals surface area contributed by atoms with Crippen molar-refractivity contribution in [2.45, 2.75) is 13.3 Å². The fourth-order valence-corrected chi connectivity index (χ4v) is 2.77. The number of rotatable bonds is 3. The summed E-state index contributed by atoms with van der Waals surface area (Å²) in [5.41, 5.74) is 7.39. The lowest BCUT2D eigenvalue weighted by molar-refractivity contribution is 0.0769. The maximum atomic E-state index is 12.7. The summed E-state index contributed by atoms with van der Waals surface area (Å²) >= 11 is 0. The fourth-order valence-electron chi connectivity index (χ4n) is 2.77. The van der Waals surface area contributed by atoms with Gasteiger partial charge in [0.25, 0.3) is 5.91 Å². The van der Waals surface area contributed by atoms with E-state index in [1.165, 1.54) is 0 Å². The zero-order chi connectivity index (χ0) is 14.9. The number of carbonyl (C=O) groups is 1. The van der Waals surface area contributed by atoms with Crippen molar-refractivity contribution in [3.05, 3.63) is 48.5 Å². The SMILES string of the molecule is CC1(CN)CCN(C(=O)c2cncn2-c2ccccc2)C1.Cl.Cl. The molecule has 1 fully saturated rings. The second kappa shape index (κ2) is 7.81. The van der Waals surface area contributed by atoms with Gasteiger partial charge in [0, 0.05) is 18.8 Å². The molecule has 1 amide bonds. The molecular weight excluding hydrogens is 335 g/mol. The number of halogens is 2. The van der Waals surface area contributed by atoms with Crippen molar-refractivity contribution >= 4 is 30.7 Å². The van der Waals surface area contributed by atoms with E-state index in [9.17, 15) is 4.79 Å². The molecular formula is C16H22Cl2N4O. The largest absolute Gasteiger partial charge is 0.337 e. The molecule has 7 heteroatoms. The van der Waals surface area contributed by atoms with Crippen LogP contribution in [0.5, 0.6) is 0 Å². The smallest absolute Gasteiger partial charge is 0.272 e. The first-order chi connectivity index (χ1) is 10.1. The van der Waals surface area contributed by atoms with Gasteiger partial charge in [-0.05, 0) is 30.5 Å². The van der Waals surface area contributed by atoms with Gasteiger partial charge in [0.1, 0.15) is 5.69 Å². The van der Waals surface area contributed by atoms with Crippen molar-refractivity contribution in [3.63, 3.8) is 0 Å². The quantitative estimate of drug-likeness (QED) is 0.918. The summed E-state index contributed by atoms with van der Waals surface area (Å²) in [7, 11) is 0. The molecule has 2 aromatic rings. The van der Waals surface area contributed by atoms with Gasteiger partial charge in [-0.25, -0.2) is 4.98 Å². The maximum absolute atomic E-state index is 12.7. The summed E-state index contributed by atoms with van der Waals surface area (Å²) in [5.74, 6) is 0.0218. The number of amides is 1. The summed E-state index contributed by atoms with van der Waals surface area (Å²) in [6.07, 6.45) is 4.27. The number of para-hydroxylation sites is 1. The second-order valence-corrected chi connectivity index (χ2v) is 5.98. The van der Waals surface area contributed by atoms with Crippen LogP contribution in [0.3, 0.4) is 0 Å². The van der Waals surface area contributed by atoms with E-state index in [2.05, 4.69) is 11.9 Å². The molecule has 1 aliphatic heterocycles. The zero-order valence-electron chi connectivity index (χ0n) is 13.0. The maximum Gasteiger partial charge on any atom is 0.272 e. The lowest BCUT2D eigenvalue weighted by atomic mass is 9.90. The van der Waals surface area contributed by atoms with Crippen molar-refractivity contribution in [1.82, 2.24) is 14.5 Å². The molecule has 126 valence electrons. The predicted octanol–water partition coefficient (Wildman–Crippen LogP) is 2.53. The first-order valence-electron chi connectivity index (χ1n) is 7.20. The molecule has 2 heterocycles. The zero-order valence-corrected chi connectivity index (χ0v) is 14.6. The number of nitrogens with zero attached hydrogens (tertiary/aromatic N) is 3. The van der Waals surface area contributed by atoms with Crippen LogP contribution in [-0.4, -0.2) is 40.0 Å². The highest BCUT2D eigenvalue weighted by Crippen LogP contribution is 2.29. The van der Waals surface area contributed by atoms with Crippen LogP contribution in [0.4, 0.5) is 0 Å². The minimum Gasteiger partial charge on any atom is -0.337 e. The third-order valence-electron chi connectivity index (χ3n) is 4.23. The van der Waals surface area contributed by atoms with Gasteiger partial charge in [0.05, 0.1) is 12.5 Å². The normalized spacial score (nSPS) is 19.8. The molecule has 2 N–H and O–H groups in total. The number of imidazole rings is 1. The van der Waals surface area contributed by atoms with Crippen LogP contribution in [0, 0.1) is 5.41 Å². The third-order valence-corrected chi connectivity index (χ3v) is 4.23. The molecule has 1 aromatic heterocycles. The third kappa shape index (κ3) is 3.86. The highest BCUT2D eigenvalue weighted by atomic mass is 35.5. The lowest BCUT2D eigenvalue weighted by Crippen LogP contribution is -2.35. The summed E-state index contributed by atoms with van der Waals surface area (Å²) in [5, 5.41) is 0. The Morgan fingerprint density at radius 1 is 1.30 bits per heavy atom. The molecule has 1 unspecified atom stereocenters. The number of nitrogens with two attached hydrogens (primary N) is 1. The molecule has 3 rings (SSSR count). The van der Waals surface area contributed by atoms with E-state index >= 15 is 0 Å². The van der Waals surface area contributed by atoms with E-state index < -0.39 is 0 Å². The van der Waals surface area contributed by atoms with Gasteiger partial charge < -0.3 is 10.6 Å². The average Bonchev–Trinajstić information content (AvgIpc) is 3.15. The van der Waals surface area contributed by atoms with Crippen LogP contribution >= 0.6 is 24.8 Å². The number of hydrogen-bond acceptors (Lipinski definition) is 3. The molecule has 0 bridgehead atoms. The van der Waals surface area contributed by atoms with Crippen molar-refractivity contribution < 1.29 is 4.79 Å². The van der Waals surface area contributed by atoms with Crippen LogP contribution < -0.4 is 5.73 Å². The van der Waals surface area contributed by atoms with Crippen molar-refractivity contribution in [1.29, 1.82) is 0 Å². The van der Waals surface area contributed by atoms with Gasteiger partial charge in [-0.2, -0.15) is 0 Å². The van der Waals surface area contributed by atoms with Crippen molar-refractivity contribution in [3.8, 4) is 5.69 Å². The summed E-state index contributed by atoms with van der Waals surface area (Å²) in [6, 6.07) is 9.78. The van der Waals surface area contributed by atoms with E-state index in [4.69, 9.17) is 5.73 Å². The van der Waals surface area contributed by atoms with E-state index in [1.807, 2.05) is 39.8 Å². The molecule has 1 atom stereocenters. The Labute approximate surface area is 148 Å². The molecule has 1 aliphatic rings. The number of carbonyl (C=O) groups excluding carboxylic acids is 1. The first-order valence-corrected chi connectivity index (χ1v) is 7.20. The molecule has 23 heavy (non-hydrogen) atoms. The standard InChI is InChI=1S/C16H20N4O.2ClH/c1-16(10-17)7-8-19(11-16)15(21)14-9-18-12-20(14)13-5-3-2-4-6-13;;/h2-6,9,12H,7-8,10-11,17H2,1H3;2*1H. The lowest BCUT2D eigenvalue weighted by Gasteiger charge is -2.22. The van der Waals surface area contributed by atoms with Gasteiger partial charge >= 0.3 is 0 Å². The van der Waals surface area contributed by atoms with Crippen LogP contribution in [0.2, 0.25) is 0 Å². The Balaban J connectivity index is 0.00000132. The minimum atomic E-state index is 0. The molecule has 0 saturated carbocycles. The molecule has 0 radical (unpaired) electrons. The highest BCUT2D eigenvalue weighted by molar-refractivity contribution is 5.93. The first kappa shape index (κ1) is 19.5. The number of benzene rings is 1. The van der Waals surface area contributed by atoms with E-state index in [-0.39, 0.29) is 36.1 Å². The predicted molar refractivity (Wildman–Crippen MR) is 95.7 cm³/mol. The number of hydrogen-bond donors (Lipinski definition) is 1. The average molecular weight is 357 g/mol. The molecule has 5 nitrogen and oxygen atoms in total. The van der Waals surface area contributed by atoms with E-state index in [1.54, 1.807) is 12.5 Å². The highest BCUT2D eigenvalue weighted by Gasteiger charge is 2.36. The van der Waals surface area contributed by atoms with Crippen molar-refractivity contribution in [2.24, 2.45) is 11.1 Å².